The molecule has 2 rings (SSSR count). The zero-order chi connectivity index (χ0) is 9.47. The van der Waals surface area contributed by atoms with E-state index < -0.39 is 0 Å². The molecule has 0 spiro atoms. The maximum Gasteiger partial charge on any atom is 0.0626 e. The van der Waals surface area contributed by atoms with E-state index in [1.54, 1.807) is 0 Å². The first-order valence-electron chi connectivity index (χ1n) is 5.41. The number of hydrogen-bond acceptors (Lipinski definition) is 2. The topological polar surface area (TPSA) is 21.3 Å². The predicted octanol–water partition coefficient (Wildman–Crippen LogP) is 1.66. The molecule has 1 N–H and O–H groups in total. The summed E-state index contributed by atoms with van der Waals surface area (Å²) in [7, 11) is 0. The van der Waals surface area contributed by atoms with Crippen LogP contribution < -0.4 is 5.32 Å². The van der Waals surface area contributed by atoms with E-state index in [0.29, 0.717) is 11.5 Å². The van der Waals surface area contributed by atoms with Crippen molar-refractivity contribution in [3.63, 3.8) is 0 Å². The van der Waals surface area contributed by atoms with E-state index in [4.69, 9.17) is 4.74 Å². The molecule has 0 aromatic carbocycles. The molecule has 1 aliphatic heterocycles. The van der Waals surface area contributed by atoms with Gasteiger partial charge in [0.2, 0.25) is 0 Å². The van der Waals surface area contributed by atoms with Gasteiger partial charge in [0.05, 0.1) is 13.2 Å². The van der Waals surface area contributed by atoms with Crippen LogP contribution in [0.5, 0.6) is 0 Å². The van der Waals surface area contributed by atoms with Gasteiger partial charge in [0.25, 0.3) is 0 Å². The van der Waals surface area contributed by atoms with Crippen LogP contribution >= 0.6 is 0 Å². The van der Waals surface area contributed by atoms with Crippen LogP contribution in [0.4, 0.5) is 0 Å². The molecule has 2 heteroatoms. The Morgan fingerprint density at radius 3 is 2.62 bits per heavy atom. The zero-order valence-corrected chi connectivity index (χ0v) is 8.97. The van der Waals surface area contributed by atoms with Gasteiger partial charge in [-0.3, -0.25) is 0 Å². The lowest BCUT2D eigenvalue weighted by Gasteiger charge is -2.25. The van der Waals surface area contributed by atoms with Crippen molar-refractivity contribution in [2.24, 2.45) is 17.3 Å². The molecular formula is C11H21NO. The van der Waals surface area contributed by atoms with Crippen LogP contribution in [0, 0.1) is 17.3 Å². The highest BCUT2D eigenvalue weighted by atomic mass is 16.5. The molecule has 2 fully saturated rings. The lowest BCUT2D eigenvalue weighted by atomic mass is 9.88. The molecule has 3 unspecified atom stereocenters. The van der Waals surface area contributed by atoms with Crippen LogP contribution in [0.25, 0.3) is 0 Å². The van der Waals surface area contributed by atoms with Gasteiger partial charge >= 0.3 is 0 Å². The standard InChI is InChI=1S/C11H21NO/c1-8-4-9(8)5-12-10-6-13-7-11(10,2)3/h8-10,12H,4-7H2,1-3H3. The highest BCUT2D eigenvalue weighted by Crippen LogP contribution is 2.37. The van der Waals surface area contributed by atoms with E-state index in [1.807, 2.05) is 0 Å². The maximum absolute atomic E-state index is 5.49. The van der Waals surface area contributed by atoms with Crippen molar-refractivity contribution in [1.29, 1.82) is 0 Å². The van der Waals surface area contributed by atoms with Gasteiger partial charge in [-0.25, -0.2) is 0 Å². The smallest absolute Gasteiger partial charge is 0.0626 e. The highest BCUT2D eigenvalue weighted by Gasteiger charge is 2.38. The summed E-state index contributed by atoms with van der Waals surface area (Å²) in [4.78, 5) is 0. The van der Waals surface area contributed by atoms with Gasteiger partial charge in [0.15, 0.2) is 0 Å². The summed E-state index contributed by atoms with van der Waals surface area (Å²) in [5.74, 6) is 1.90. The molecule has 1 heterocycles. The third-order valence-corrected chi connectivity index (χ3v) is 3.60. The van der Waals surface area contributed by atoms with Gasteiger partial charge < -0.3 is 10.1 Å². The molecule has 0 radical (unpaired) electrons. The number of hydrogen-bond donors (Lipinski definition) is 1. The minimum atomic E-state index is 0.331. The van der Waals surface area contributed by atoms with Crippen molar-refractivity contribution in [3.05, 3.63) is 0 Å². The van der Waals surface area contributed by atoms with E-state index in [1.165, 1.54) is 13.0 Å². The largest absolute Gasteiger partial charge is 0.379 e. The van der Waals surface area contributed by atoms with Crippen molar-refractivity contribution < 1.29 is 4.74 Å². The average molecular weight is 183 g/mol. The Balaban J connectivity index is 1.75. The second-order valence-corrected chi connectivity index (χ2v) is 5.44. The van der Waals surface area contributed by atoms with Crippen molar-refractivity contribution in [1.82, 2.24) is 5.32 Å². The van der Waals surface area contributed by atoms with E-state index in [0.717, 1.165) is 25.0 Å². The van der Waals surface area contributed by atoms with Crippen molar-refractivity contribution in [2.45, 2.75) is 33.2 Å². The monoisotopic (exact) mass is 183 g/mol. The average Bonchev–Trinajstić information content (AvgIpc) is 2.63. The molecule has 3 atom stereocenters. The van der Waals surface area contributed by atoms with E-state index in [9.17, 15) is 0 Å². The Kier molecular flexibility index (Phi) is 2.37. The first-order valence-corrected chi connectivity index (χ1v) is 5.41. The van der Waals surface area contributed by atoms with Gasteiger partial charge in [-0.1, -0.05) is 20.8 Å². The molecule has 1 saturated heterocycles. The molecular weight excluding hydrogens is 162 g/mol. The minimum Gasteiger partial charge on any atom is -0.379 e. The number of rotatable bonds is 3. The van der Waals surface area contributed by atoms with Crippen molar-refractivity contribution >= 4 is 0 Å². The zero-order valence-electron chi connectivity index (χ0n) is 8.97. The summed E-state index contributed by atoms with van der Waals surface area (Å²) in [6.45, 7) is 9.90. The van der Waals surface area contributed by atoms with E-state index in [-0.39, 0.29) is 0 Å². The summed E-state index contributed by atoms with van der Waals surface area (Å²) in [6.07, 6.45) is 1.42. The fraction of sp³-hybridized carbons (Fsp3) is 1.00. The van der Waals surface area contributed by atoms with E-state index in [2.05, 4.69) is 26.1 Å². The second kappa shape index (κ2) is 3.25. The summed E-state index contributed by atoms with van der Waals surface area (Å²) >= 11 is 0. The van der Waals surface area contributed by atoms with Gasteiger partial charge in [-0.05, 0) is 24.8 Å². The number of nitrogens with one attached hydrogen (secondary N) is 1. The quantitative estimate of drug-likeness (QED) is 0.718. The molecule has 0 aromatic heterocycles. The fourth-order valence-electron chi connectivity index (χ4n) is 2.08. The third kappa shape index (κ3) is 2.05. The number of ether oxygens (including phenoxy) is 1. The first kappa shape index (κ1) is 9.47. The van der Waals surface area contributed by atoms with Crippen LogP contribution in [-0.4, -0.2) is 25.8 Å². The normalized spacial score (nSPS) is 42.2. The molecule has 13 heavy (non-hydrogen) atoms. The second-order valence-electron chi connectivity index (χ2n) is 5.44. The van der Waals surface area contributed by atoms with Gasteiger partial charge in [0, 0.05) is 11.5 Å². The summed E-state index contributed by atoms with van der Waals surface area (Å²) < 4.78 is 5.49. The minimum absolute atomic E-state index is 0.331. The summed E-state index contributed by atoms with van der Waals surface area (Å²) in [5.41, 5.74) is 0.331. The first-order chi connectivity index (χ1) is 6.09. The van der Waals surface area contributed by atoms with Crippen LogP contribution in [0.3, 0.4) is 0 Å². The van der Waals surface area contributed by atoms with Gasteiger partial charge in [0.1, 0.15) is 0 Å². The lowest BCUT2D eigenvalue weighted by Crippen LogP contribution is -2.41. The Morgan fingerprint density at radius 2 is 2.15 bits per heavy atom. The summed E-state index contributed by atoms with van der Waals surface area (Å²) in [6, 6.07) is 0.570. The SMILES string of the molecule is CC1CC1CNC1COCC1(C)C. The lowest BCUT2D eigenvalue weighted by molar-refractivity contribution is 0.166. The molecule has 76 valence electrons. The Hall–Kier alpha value is -0.0800. The van der Waals surface area contributed by atoms with Crippen LogP contribution in [0.2, 0.25) is 0 Å². The molecule has 0 aromatic rings. The van der Waals surface area contributed by atoms with Gasteiger partial charge in [-0.15, -0.1) is 0 Å². The van der Waals surface area contributed by atoms with Crippen LogP contribution in [0.1, 0.15) is 27.2 Å². The van der Waals surface area contributed by atoms with Crippen molar-refractivity contribution in [2.75, 3.05) is 19.8 Å². The van der Waals surface area contributed by atoms with Crippen LogP contribution in [0.15, 0.2) is 0 Å². The van der Waals surface area contributed by atoms with E-state index >= 15 is 0 Å². The molecule has 0 bridgehead atoms. The highest BCUT2D eigenvalue weighted by molar-refractivity contribution is 4.92. The summed E-state index contributed by atoms with van der Waals surface area (Å²) in [5, 5.41) is 3.64. The van der Waals surface area contributed by atoms with Gasteiger partial charge in [-0.2, -0.15) is 0 Å². The Morgan fingerprint density at radius 1 is 1.46 bits per heavy atom. The molecule has 0 amide bonds. The molecule has 1 aliphatic carbocycles. The Labute approximate surface area is 81.0 Å². The molecule has 2 nitrogen and oxygen atoms in total. The predicted molar refractivity (Wildman–Crippen MR) is 53.7 cm³/mol. The fourth-order valence-corrected chi connectivity index (χ4v) is 2.08. The van der Waals surface area contributed by atoms with Crippen LogP contribution in [-0.2, 0) is 4.74 Å². The molecule has 1 saturated carbocycles. The maximum atomic E-state index is 5.49. The third-order valence-electron chi connectivity index (χ3n) is 3.60. The van der Waals surface area contributed by atoms with Crippen molar-refractivity contribution in [3.8, 4) is 0 Å². The Bertz CT molecular complexity index is 191. The molecule has 2 aliphatic rings.